The highest BCUT2D eigenvalue weighted by molar-refractivity contribution is 7.99. The van der Waals surface area contributed by atoms with Gasteiger partial charge in [0.25, 0.3) is 0 Å². The molecule has 1 aliphatic carbocycles. The van der Waals surface area contributed by atoms with Crippen molar-refractivity contribution in [2.24, 2.45) is 0 Å². The van der Waals surface area contributed by atoms with E-state index in [1.807, 2.05) is 11.0 Å². The predicted molar refractivity (Wildman–Crippen MR) is 112 cm³/mol. The van der Waals surface area contributed by atoms with E-state index in [2.05, 4.69) is 47.5 Å². The van der Waals surface area contributed by atoms with Crippen molar-refractivity contribution in [3.63, 3.8) is 0 Å². The lowest BCUT2D eigenvalue weighted by Crippen LogP contribution is -2.44. The molecule has 1 atom stereocenters. The molecule has 2 aromatic carbocycles. The van der Waals surface area contributed by atoms with E-state index in [4.69, 9.17) is 4.98 Å². The number of likely N-dealkylation sites (tertiary alicyclic amines) is 1. The number of nitrogens with zero attached hydrogens (tertiary/aromatic N) is 4. The van der Waals surface area contributed by atoms with Gasteiger partial charge >= 0.3 is 0 Å². The zero-order valence-corrected chi connectivity index (χ0v) is 16.7. The van der Waals surface area contributed by atoms with E-state index in [1.54, 1.807) is 0 Å². The Hall–Kier alpha value is -2.47. The lowest BCUT2D eigenvalue weighted by atomic mass is 10.0. The maximum absolute atomic E-state index is 12.7. The third-order valence-corrected chi connectivity index (χ3v) is 6.65. The lowest BCUT2D eigenvalue weighted by Gasteiger charge is -2.35. The van der Waals surface area contributed by atoms with Gasteiger partial charge < -0.3 is 4.90 Å². The van der Waals surface area contributed by atoms with Crippen LogP contribution in [0.15, 0.2) is 41.6 Å². The Labute approximate surface area is 168 Å². The summed E-state index contributed by atoms with van der Waals surface area (Å²) in [6, 6.07) is 12.9. The molecule has 1 amide bonds. The second-order valence-corrected chi connectivity index (χ2v) is 8.38. The van der Waals surface area contributed by atoms with Crippen LogP contribution in [0.2, 0.25) is 0 Å². The van der Waals surface area contributed by atoms with E-state index in [-0.39, 0.29) is 5.91 Å². The highest BCUT2D eigenvalue weighted by atomic mass is 32.2. The van der Waals surface area contributed by atoms with Crippen LogP contribution in [0, 0.1) is 0 Å². The first-order valence-electron chi connectivity index (χ1n) is 9.95. The normalized spacial score (nSPS) is 17.8. The second kappa shape index (κ2) is 7.17. The molecular formula is C22H22N4OS. The van der Waals surface area contributed by atoms with Gasteiger partial charge in [-0.3, -0.25) is 4.79 Å². The van der Waals surface area contributed by atoms with E-state index < -0.39 is 0 Å². The van der Waals surface area contributed by atoms with Crippen molar-refractivity contribution in [3.8, 4) is 22.5 Å². The number of aromatic nitrogens is 3. The van der Waals surface area contributed by atoms with Crippen LogP contribution < -0.4 is 0 Å². The Kier molecular flexibility index (Phi) is 4.51. The van der Waals surface area contributed by atoms with Crippen LogP contribution in [0.5, 0.6) is 0 Å². The summed E-state index contributed by atoms with van der Waals surface area (Å²) in [4.78, 5) is 19.6. The molecule has 0 radical (unpaired) electrons. The van der Waals surface area contributed by atoms with Crippen molar-refractivity contribution >= 4 is 28.4 Å². The molecule has 1 saturated heterocycles. The summed E-state index contributed by atoms with van der Waals surface area (Å²) in [5.41, 5.74) is 3.91. The molecule has 6 heteroatoms. The number of hydrogen-bond donors (Lipinski definition) is 0. The molecule has 5 rings (SSSR count). The van der Waals surface area contributed by atoms with Crippen LogP contribution in [0.3, 0.4) is 0 Å². The Balaban J connectivity index is 1.38. The number of thioether (sulfide) groups is 1. The fourth-order valence-corrected chi connectivity index (χ4v) is 5.11. The minimum Gasteiger partial charge on any atom is -0.339 e. The van der Waals surface area contributed by atoms with Gasteiger partial charge in [0.2, 0.25) is 11.1 Å². The van der Waals surface area contributed by atoms with Gasteiger partial charge in [0.05, 0.1) is 5.75 Å². The van der Waals surface area contributed by atoms with Crippen molar-refractivity contribution in [1.29, 1.82) is 0 Å². The van der Waals surface area contributed by atoms with Crippen LogP contribution >= 0.6 is 11.8 Å². The lowest BCUT2D eigenvalue weighted by molar-refractivity contribution is -0.132. The Morgan fingerprint density at radius 1 is 1.11 bits per heavy atom. The predicted octanol–water partition coefficient (Wildman–Crippen LogP) is 4.56. The van der Waals surface area contributed by atoms with Crippen molar-refractivity contribution in [3.05, 3.63) is 36.4 Å². The van der Waals surface area contributed by atoms with Crippen molar-refractivity contribution in [1.82, 2.24) is 20.1 Å². The summed E-state index contributed by atoms with van der Waals surface area (Å²) >= 11 is 1.39. The molecule has 1 aromatic heterocycles. The van der Waals surface area contributed by atoms with E-state index in [1.165, 1.54) is 29.0 Å². The second-order valence-electron chi connectivity index (χ2n) is 7.43. The third-order valence-electron chi connectivity index (χ3n) is 5.83. The number of amides is 1. The molecular weight excluding hydrogens is 368 g/mol. The zero-order chi connectivity index (χ0) is 19.1. The topological polar surface area (TPSA) is 59.0 Å². The van der Waals surface area contributed by atoms with Crippen molar-refractivity contribution in [2.75, 3.05) is 12.3 Å². The number of carbonyl (C=O) groups is 1. The van der Waals surface area contributed by atoms with Gasteiger partial charge in [-0.2, -0.15) is 0 Å². The average molecular weight is 391 g/mol. The Morgan fingerprint density at radius 3 is 2.68 bits per heavy atom. The van der Waals surface area contributed by atoms with Crippen LogP contribution in [-0.2, 0) is 4.79 Å². The van der Waals surface area contributed by atoms with Crippen molar-refractivity contribution < 1.29 is 4.79 Å². The van der Waals surface area contributed by atoms with E-state index in [9.17, 15) is 4.79 Å². The maximum Gasteiger partial charge on any atom is 0.233 e. The molecule has 3 aromatic rings. The van der Waals surface area contributed by atoms with Crippen LogP contribution in [-0.4, -0.2) is 44.3 Å². The highest BCUT2D eigenvalue weighted by Crippen LogP contribution is 2.44. The van der Waals surface area contributed by atoms with Gasteiger partial charge in [0.1, 0.15) is 11.4 Å². The molecule has 5 nitrogen and oxygen atoms in total. The fraction of sp³-hybridized carbons (Fsp3) is 0.364. The standard InChI is InChI=1S/C22H22N4OS/c1-2-15-9-3-4-12-26(15)18(27)13-28-22-23-20-16-10-5-7-14-8-6-11-17(19(14)16)21(20)24-25-22/h5-8,10-11,15H,2-4,9,12-13H2,1H3. The third kappa shape index (κ3) is 2.87. The van der Waals surface area contributed by atoms with Crippen LogP contribution in [0.1, 0.15) is 32.6 Å². The molecule has 0 saturated carbocycles. The van der Waals surface area contributed by atoms with Crippen molar-refractivity contribution in [2.45, 2.75) is 43.8 Å². The first-order chi connectivity index (χ1) is 13.8. The maximum atomic E-state index is 12.7. The Morgan fingerprint density at radius 2 is 1.89 bits per heavy atom. The fourth-order valence-electron chi connectivity index (χ4n) is 4.44. The largest absolute Gasteiger partial charge is 0.339 e. The highest BCUT2D eigenvalue weighted by Gasteiger charge is 2.27. The number of carbonyl (C=O) groups excluding carboxylic acids is 1. The summed E-state index contributed by atoms with van der Waals surface area (Å²) in [7, 11) is 0. The molecule has 0 N–H and O–H groups in total. The average Bonchev–Trinajstić information content (AvgIpc) is 3.07. The Bertz CT molecular complexity index is 1060. The monoisotopic (exact) mass is 390 g/mol. The summed E-state index contributed by atoms with van der Waals surface area (Å²) in [5.74, 6) is 0.555. The molecule has 2 aliphatic rings. The minimum absolute atomic E-state index is 0.186. The molecule has 28 heavy (non-hydrogen) atoms. The molecule has 2 heterocycles. The first-order valence-corrected chi connectivity index (χ1v) is 10.9. The van der Waals surface area contributed by atoms with E-state index >= 15 is 0 Å². The molecule has 142 valence electrons. The summed E-state index contributed by atoms with van der Waals surface area (Å²) in [5, 5.41) is 11.7. The smallest absolute Gasteiger partial charge is 0.233 e. The molecule has 0 bridgehead atoms. The van der Waals surface area contributed by atoms with Gasteiger partial charge in [-0.25, -0.2) is 4.98 Å². The summed E-state index contributed by atoms with van der Waals surface area (Å²) < 4.78 is 0. The van der Waals surface area contributed by atoms with Gasteiger partial charge in [0.15, 0.2) is 0 Å². The number of piperidine rings is 1. The number of benzene rings is 2. The SMILES string of the molecule is CCC1CCCCN1C(=O)CSc1nnc2c(n1)-c1cccc3cccc-2c13. The zero-order valence-electron chi connectivity index (χ0n) is 15.9. The molecule has 0 spiro atoms. The summed E-state index contributed by atoms with van der Waals surface area (Å²) in [6.07, 6.45) is 4.47. The van der Waals surface area contributed by atoms with Gasteiger partial charge in [-0.1, -0.05) is 55.1 Å². The van der Waals surface area contributed by atoms with Gasteiger partial charge in [-0.15, -0.1) is 10.2 Å². The summed E-state index contributed by atoms with van der Waals surface area (Å²) in [6.45, 7) is 3.04. The van der Waals surface area contributed by atoms with Crippen LogP contribution in [0.25, 0.3) is 33.3 Å². The first kappa shape index (κ1) is 17.6. The molecule has 1 unspecified atom stereocenters. The van der Waals surface area contributed by atoms with Gasteiger partial charge in [-0.05, 0) is 31.1 Å². The van der Waals surface area contributed by atoms with E-state index in [0.29, 0.717) is 17.0 Å². The number of rotatable bonds is 4. The quantitative estimate of drug-likeness (QED) is 0.478. The minimum atomic E-state index is 0.186. The molecule has 1 fully saturated rings. The van der Waals surface area contributed by atoms with E-state index in [0.717, 1.165) is 48.3 Å². The number of hydrogen-bond acceptors (Lipinski definition) is 5. The molecule has 1 aliphatic heterocycles. The van der Waals surface area contributed by atoms with Gasteiger partial charge in [0, 0.05) is 29.1 Å². The van der Waals surface area contributed by atoms with Crippen LogP contribution in [0.4, 0.5) is 0 Å². The number of fused-ring (bicyclic) bond motifs is 3.